The van der Waals surface area contributed by atoms with Gasteiger partial charge in [-0.25, -0.2) is 4.72 Å². The summed E-state index contributed by atoms with van der Waals surface area (Å²) in [5.74, 6) is 0.285. The molecule has 2 aliphatic carbocycles. The maximum atomic E-state index is 11.6. The lowest BCUT2D eigenvalue weighted by molar-refractivity contribution is 0.0303. The molecule has 9 heteroatoms. The number of nitrogens with zero attached hydrogens (tertiary/aromatic N) is 1. The van der Waals surface area contributed by atoms with Gasteiger partial charge >= 0.3 is 0 Å². The van der Waals surface area contributed by atoms with E-state index in [1.54, 1.807) is 18.3 Å². The summed E-state index contributed by atoms with van der Waals surface area (Å²) < 4.78 is 28.0. The number of rotatable bonds is 4. The monoisotopic (exact) mass is 356 g/mol. The number of halogens is 1. The maximum absolute atomic E-state index is 11.6. The highest BCUT2D eigenvalue weighted by molar-refractivity contribution is 7.87. The summed E-state index contributed by atoms with van der Waals surface area (Å²) in [6.07, 6.45) is 2.70. The van der Waals surface area contributed by atoms with Crippen molar-refractivity contribution < 1.29 is 13.5 Å². The smallest absolute Gasteiger partial charge is 0.276 e. The number of fused-ring (bicyclic) bond motifs is 2. The average Bonchev–Trinajstić information content (AvgIpc) is 2.88. The van der Waals surface area contributed by atoms with Crippen LogP contribution in [0, 0.1) is 11.8 Å². The van der Waals surface area contributed by atoms with E-state index in [-0.39, 0.29) is 17.9 Å². The molecule has 0 spiro atoms. The minimum Gasteiger partial charge on any atom is -0.385 e. The first kappa shape index (κ1) is 15.3. The van der Waals surface area contributed by atoms with Gasteiger partial charge < -0.3 is 5.11 Å². The van der Waals surface area contributed by atoms with E-state index in [1.165, 1.54) is 7.05 Å². The van der Waals surface area contributed by atoms with E-state index in [4.69, 9.17) is 11.6 Å². The van der Waals surface area contributed by atoms with Gasteiger partial charge in [0.2, 0.25) is 0 Å². The topological polar surface area (TPSA) is 107 Å². The highest BCUT2D eigenvalue weighted by Gasteiger charge is 2.62. The fraction of sp³-hybridized carbons (Fsp3) is 0.500. The van der Waals surface area contributed by atoms with Crippen LogP contribution in [0.25, 0.3) is 10.9 Å². The maximum Gasteiger partial charge on any atom is 0.276 e. The van der Waals surface area contributed by atoms with Crippen molar-refractivity contribution >= 4 is 32.7 Å². The van der Waals surface area contributed by atoms with Crippen molar-refractivity contribution in [1.29, 1.82) is 0 Å². The normalized spacial score (nSPS) is 33.1. The number of H-pyrrole nitrogens is 1. The third-order valence-corrected chi connectivity index (χ3v) is 6.40. The van der Waals surface area contributed by atoms with Crippen LogP contribution in [0.5, 0.6) is 0 Å². The molecule has 0 amide bonds. The standard InChI is InChI=1S/C14H17ClN4O3S/c1-16-23(21,22)19-13-8-4-14(20,5-9(8)13)11-2-7(15)3-12-10(11)6-17-18-12/h2-3,6,8-9,13,16,19-20H,4-5H2,1H3,(H,17,18)/t8-,9+,13-,14+. The van der Waals surface area contributed by atoms with E-state index in [0.717, 1.165) is 16.5 Å². The zero-order valence-electron chi connectivity index (χ0n) is 12.4. The second-order valence-electron chi connectivity index (χ2n) is 6.40. The summed E-state index contributed by atoms with van der Waals surface area (Å²) in [6, 6.07) is 3.44. The summed E-state index contributed by atoms with van der Waals surface area (Å²) in [5, 5.41) is 19.4. The largest absolute Gasteiger partial charge is 0.385 e. The fourth-order valence-corrected chi connectivity index (χ4v) is 4.94. The summed E-state index contributed by atoms with van der Waals surface area (Å²) in [7, 11) is -2.08. The van der Waals surface area contributed by atoms with Crippen LogP contribution in [0.15, 0.2) is 18.3 Å². The molecule has 2 saturated carbocycles. The molecule has 0 bridgehead atoms. The lowest BCUT2D eigenvalue weighted by atomic mass is 9.86. The van der Waals surface area contributed by atoms with Gasteiger partial charge in [-0.3, -0.25) is 5.10 Å². The molecule has 0 unspecified atom stereocenters. The van der Waals surface area contributed by atoms with Gasteiger partial charge in [0.05, 0.1) is 17.3 Å². The Kier molecular flexibility index (Phi) is 3.27. The Morgan fingerprint density at radius 2 is 2.09 bits per heavy atom. The third kappa shape index (κ3) is 2.45. The molecule has 4 N–H and O–H groups in total. The SMILES string of the molecule is CNS(=O)(=O)N[C@@H]1[C@@H]2C[C@@](O)(c3cc(Cl)cc4[nH]ncc34)C[C@@H]21. The second kappa shape index (κ2) is 4.90. The Morgan fingerprint density at radius 3 is 2.74 bits per heavy atom. The molecule has 0 aliphatic heterocycles. The molecule has 1 heterocycles. The molecule has 0 radical (unpaired) electrons. The molecule has 2 fully saturated rings. The van der Waals surface area contributed by atoms with Crippen LogP contribution >= 0.6 is 11.6 Å². The summed E-state index contributed by atoms with van der Waals surface area (Å²) in [5.41, 5.74) is 0.550. The molecular weight excluding hydrogens is 340 g/mol. The van der Waals surface area contributed by atoms with Crippen molar-refractivity contribution in [3.05, 3.63) is 28.9 Å². The van der Waals surface area contributed by atoms with Crippen molar-refractivity contribution in [2.45, 2.75) is 24.5 Å². The number of aromatic nitrogens is 2. The first-order chi connectivity index (χ1) is 10.8. The fourth-order valence-electron chi connectivity index (χ4n) is 3.90. The third-order valence-electron chi connectivity index (χ3n) is 5.06. The molecule has 1 aromatic heterocycles. The van der Waals surface area contributed by atoms with Gasteiger partial charge in [-0.1, -0.05) is 11.6 Å². The summed E-state index contributed by atoms with van der Waals surface area (Å²) >= 11 is 6.14. The van der Waals surface area contributed by atoms with Gasteiger partial charge in [0.15, 0.2) is 0 Å². The number of nitrogens with one attached hydrogen (secondary N) is 3. The van der Waals surface area contributed by atoms with Crippen LogP contribution in [0.4, 0.5) is 0 Å². The Balaban J connectivity index is 1.60. The summed E-state index contributed by atoms with van der Waals surface area (Å²) in [4.78, 5) is 0. The minimum absolute atomic E-state index is 0.105. The molecule has 23 heavy (non-hydrogen) atoms. The van der Waals surface area contributed by atoms with E-state index >= 15 is 0 Å². The van der Waals surface area contributed by atoms with Crippen LogP contribution in [0.3, 0.4) is 0 Å². The van der Waals surface area contributed by atoms with Gasteiger partial charge in [-0.05, 0) is 42.4 Å². The Labute approximate surface area is 138 Å². The predicted molar refractivity (Wildman–Crippen MR) is 86.1 cm³/mol. The van der Waals surface area contributed by atoms with Crippen molar-refractivity contribution in [2.24, 2.45) is 11.8 Å². The quantitative estimate of drug-likeness (QED) is 0.652. The lowest BCUT2D eigenvalue weighted by Crippen LogP contribution is -2.39. The van der Waals surface area contributed by atoms with E-state index in [1.807, 2.05) is 0 Å². The van der Waals surface area contributed by atoms with Gasteiger partial charge in [0.25, 0.3) is 10.2 Å². The average molecular weight is 357 g/mol. The van der Waals surface area contributed by atoms with Crippen molar-refractivity contribution in [3.8, 4) is 0 Å². The van der Waals surface area contributed by atoms with Crippen LogP contribution in [0.1, 0.15) is 18.4 Å². The lowest BCUT2D eigenvalue weighted by Gasteiger charge is -2.27. The highest BCUT2D eigenvalue weighted by atomic mass is 35.5. The van der Waals surface area contributed by atoms with Crippen molar-refractivity contribution in [1.82, 2.24) is 19.6 Å². The zero-order valence-corrected chi connectivity index (χ0v) is 13.9. The van der Waals surface area contributed by atoms with E-state index in [0.29, 0.717) is 17.9 Å². The van der Waals surface area contributed by atoms with Crippen LogP contribution in [-0.4, -0.2) is 36.8 Å². The first-order valence-corrected chi connectivity index (χ1v) is 9.25. The summed E-state index contributed by atoms with van der Waals surface area (Å²) in [6.45, 7) is 0. The number of aliphatic hydroxyl groups is 1. The van der Waals surface area contributed by atoms with Gasteiger partial charge in [0, 0.05) is 23.5 Å². The highest BCUT2D eigenvalue weighted by Crippen LogP contribution is 2.60. The van der Waals surface area contributed by atoms with E-state index < -0.39 is 15.8 Å². The number of aromatic amines is 1. The first-order valence-electron chi connectivity index (χ1n) is 7.39. The van der Waals surface area contributed by atoms with Crippen LogP contribution < -0.4 is 9.44 Å². The Morgan fingerprint density at radius 1 is 1.39 bits per heavy atom. The molecule has 4 atom stereocenters. The molecule has 124 valence electrons. The Bertz CT molecular complexity index is 869. The molecule has 2 aliphatic rings. The second-order valence-corrected chi connectivity index (χ2v) is 8.49. The number of hydrogen-bond donors (Lipinski definition) is 4. The van der Waals surface area contributed by atoms with Gasteiger partial charge in [-0.15, -0.1) is 0 Å². The molecular formula is C14H17ClN4O3S. The Hall–Kier alpha value is -1.19. The molecule has 1 aromatic carbocycles. The van der Waals surface area contributed by atoms with Gasteiger partial charge in [-0.2, -0.15) is 18.2 Å². The minimum atomic E-state index is -3.45. The molecule has 0 saturated heterocycles. The van der Waals surface area contributed by atoms with E-state index in [2.05, 4.69) is 19.6 Å². The molecule has 4 rings (SSSR count). The molecule has 7 nitrogen and oxygen atoms in total. The van der Waals surface area contributed by atoms with Gasteiger partial charge in [0.1, 0.15) is 0 Å². The predicted octanol–water partition coefficient (Wildman–Crippen LogP) is 0.866. The van der Waals surface area contributed by atoms with Crippen LogP contribution in [0.2, 0.25) is 5.02 Å². The van der Waals surface area contributed by atoms with Crippen molar-refractivity contribution in [2.75, 3.05) is 7.05 Å². The number of hydrogen-bond acceptors (Lipinski definition) is 4. The number of benzene rings is 1. The van der Waals surface area contributed by atoms with Crippen LogP contribution in [-0.2, 0) is 15.8 Å². The molecule has 2 aromatic rings. The zero-order chi connectivity index (χ0) is 16.4. The van der Waals surface area contributed by atoms with E-state index in [9.17, 15) is 13.5 Å². The van der Waals surface area contributed by atoms with Crippen molar-refractivity contribution in [3.63, 3.8) is 0 Å².